The highest BCUT2D eigenvalue weighted by Gasteiger charge is 3.11. The normalized spacial score (nSPS) is 44.0. The van der Waals surface area contributed by atoms with E-state index in [9.17, 15) is 8.78 Å². The average molecular weight is 1600 g/mol. The number of halogens is 2. The van der Waals surface area contributed by atoms with Crippen LogP contribution in [0.1, 0.15) is 461 Å². The molecule has 0 heterocycles. The van der Waals surface area contributed by atoms with Crippen molar-refractivity contribution in [2.75, 3.05) is 0 Å². The minimum absolute atomic E-state index is 0.274. The van der Waals surface area contributed by atoms with Crippen molar-refractivity contribution in [3.63, 3.8) is 0 Å². The Balaban J connectivity index is 0.000000130. The third-order valence-corrected chi connectivity index (χ3v) is 43.9. The third kappa shape index (κ3) is 12.9. The largest absolute Gasteiger partial charge is 0.260 e. The molecule has 0 aliphatic heterocycles. The fourth-order valence-electron chi connectivity index (χ4n) is 34.1. The summed E-state index contributed by atoms with van der Waals surface area (Å²) in [6, 6.07) is 0. The molecule has 0 aromatic carbocycles. The van der Waals surface area contributed by atoms with Gasteiger partial charge in [0, 0.05) is 21.7 Å². The molecule has 20 fully saturated rings. The Kier molecular flexibility index (Phi) is 21.7. The lowest BCUT2D eigenvalue weighted by Gasteiger charge is -3.15. The Hall–Kier alpha value is -0.660. The van der Waals surface area contributed by atoms with Crippen LogP contribution in [-0.4, -0.2) is 5.92 Å². The Morgan fingerprint density at radius 3 is 0.626 bits per heavy atom. The summed E-state index contributed by atoms with van der Waals surface area (Å²) in [6.07, 6.45) is 37.6. The summed E-state index contributed by atoms with van der Waals surface area (Å²) in [6.45, 7) is 114. The molecule has 22 rings (SSSR count). The predicted octanol–water partition coefficient (Wildman–Crippen LogP) is 35.7. The predicted molar refractivity (Wildman–Crippen MR) is 498 cm³/mol. The van der Waals surface area contributed by atoms with Gasteiger partial charge in [0.25, 0.3) is 5.92 Å². The van der Waals surface area contributed by atoms with Crippen LogP contribution in [0, 0.1) is 223 Å². The van der Waals surface area contributed by atoms with Crippen LogP contribution in [0.3, 0.4) is 0 Å². The molecule has 0 aromatic heterocycles. The molecule has 22 aliphatic rings. The lowest BCUT2D eigenvalue weighted by atomic mass is 8.89. The molecular formula is C113H200F2. The van der Waals surface area contributed by atoms with E-state index in [0.29, 0.717) is 116 Å². The van der Waals surface area contributed by atoms with E-state index >= 15 is 0 Å². The van der Waals surface area contributed by atoms with Crippen LogP contribution in [-0.2, 0) is 0 Å². The maximum Gasteiger partial charge on any atom is 0.260 e. The summed E-state index contributed by atoms with van der Waals surface area (Å²) < 4.78 is 28.6. The zero-order valence-corrected chi connectivity index (χ0v) is 86.6. The highest BCUT2D eigenvalue weighted by Crippen LogP contribution is 3.14. The van der Waals surface area contributed by atoms with Crippen LogP contribution in [0.5, 0.6) is 0 Å². The van der Waals surface area contributed by atoms with Crippen molar-refractivity contribution in [1.82, 2.24) is 0 Å². The number of allylic oxidation sites excluding steroid dienone is 4. The van der Waals surface area contributed by atoms with Gasteiger partial charge in [-0.3, -0.25) is 0 Å². The number of hydrogen-bond donors (Lipinski definition) is 0. The van der Waals surface area contributed by atoms with Gasteiger partial charge >= 0.3 is 0 Å². The molecule has 2 atom stereocenters. The number of rotatable bonds is 0. The Morgan fingerprint density at radius 1 is 0.235 bits per heavy atom. The molecule has 0 saturated heterocycles. The molecule has 0 spiro atoms. The van der Waals surface area contributed by atoms with Crippen LogP contribution >= 0.6 is 0 Å². The maximum atomic E-state index is 14.3. The van der Waals surface area contributed by atoms with E-state index in [0.717, 1.165) is 62.6 Å². The molecule has 0 aromatic rings. The van der Waals surface area contributed by atoms with Gasteiger partial charge < -0.3 is 0 Å². The highest BCUT2D eigenvalue weighted by molar-refractivity contribution is 5.57. The van der Waals surface area contributed by atoms with Gasteiger partial charge in [0.05, 0.1) is 0 Å². The lowest BCUT2D eigenvalue weighted by Crippen LogP contribution is -3.12. The first-order chi connectivity index (χ1) is 50.6. The smallest absolute Gasteiger partial charge is 0.206 e. The first kappa shape index (κ1) is 95.0. The minimum Gasteiger partial charge on any atom is -0.206 e. The highest BCUT2D eigenvalue weighted by atomic mass is 19.3. The summed E-state index contributed by atoms with van der Waals surface area (Å²) in [5, 5.41) is 0. The SMILES string of the molecule is CC(C)(C)C1(C(C)(C)C)CC1.CC(C)(C)C12C3C4C1C1C2C3C41C(C)(C)C.CC(C)(C)C12C=CC(C(C)(C)C)(C=C1)C2.CC(C)(C)C12CC(C(C)(C)C)(C1)C2.CC(C)(C)C12CC(C(C)(C)C)(C1)C2(F)F.CC(C)(C)C12CCC(C(C)(C)C)(CC1)CC2.CC(C)(C)C1C2CC3(C(C)(C)C)CC1C23.CC(C)(C)C1CCC(C(C)(C)C)CC1. The van der Waals surface area contributed by atoms with Gasteiger partial charge in [0.1, 0.15) is 0 Å². The zero-order chi connectivity index (χ0) is 88.4. The zero-order valence-electron chi connectivity index (χ0n) is 86.6. The van der Waals surface area contributed by atoms with Gasteiger partial charge in [0.15, 0.2) is 0 Å². The third-order valence-electron chi connectivity index (χ3n) is 43.9. The molecule has 22 aliphatic carbocycles. The molecular weight excluding hydrogens is 1400 g/mol. The van der Waals surface area contributed by atoms with Crippen molar-refractivity contribution in [1.29, 1.82) is 0 Å². The van der Waals surface area contributed by atoms with Crippen molar-refractivity contribution in [3.8, 4) is 0 Å². The van der Waals surface area contributed by atoms with Gasteiger partial charge in [0.2, 0.25) is 0 Å². The topological polar surface area (TPSA) is 0 Å². The van der Waals surface area contributed by atoms with E-state index in [-0.39, 0.29) is 10.8 Å². The van der Waals surface area contributed by atoms with Crippen molar-refractivity contribution in [2.45, 2.75) is 467 Å². The van der Waals surface area contributed by atoms with Crippen molar-refractivity contribution < 1.29 is 8.78 Å². The Morgan fingerprint density at radius 2 is 0.487 bits per heavy atom. The van der Waals surface area contributed by atoms with E-state index in [1.165, 1.54) is 138 Å². The minimum atomic E-state index is -2.46. The number of hydrogen-bond acceptors (Lipinski definition) is 0. The van der Waals surface area contributed by atoms with Gasteiger partial charge in [-0.05, 0) is 329 Å². The second-order valence-corrected chi connectivity index (χ2v) is 62.6. The van der Waals surface area contributed by atoms with Crippen molar-refractivity contribution >= 4 is 0 Å². The molecule has 8 bridgehead atoms. The second-order valence-electron chi connectivity index (χ2n) is 62.6. The van der Waals surface area contributed by atoms with Gasteiger partial charge in [-0.15, -0.1) is 0 Å². The van der Waals surface area contributed by atoms with E-state index in [2.05, 4.69) is 315 Å². The number of fused-ring (bicyclic) bond motifs is 5. The molecule has 0 N–H and O–H groups in total. The molecule has 20 saturated carbocycles. The Bertz CT molecular complexity index is 3260. The summed E-state index contributed by atoms with van der Waals surface area (Å²) in [7, 11) is 0. The fraction of sp³-hybridized carbons (Fsp3) is 0.965. The van der Waals surface area contributed by atoms with Crippen LogP contribution in [0.2, 0.25) is 0 Å². The van der Waals surface area contributed by atoms with Gasteiger partial charge in [-0.1, -0.05) is 357 Å². The molecule has 0 amide bonds. The molecule has 666 valence electrons. The Labute approximate surface area is 718 Å². The summed E-state index contributed by atoms with van der Waals surface area (Å²) >= 11 is 0. The summed E-state index contributed by atoms with van der Waals surface area (Å²) in [5.41, 5.74) is 11.6. The van der Waals surface area contributed by atoms with E-state index in [1.54, 1.807) is 12.8 Å². The molecule has 115 heavy (non-hydrogen) atoms. The van der Waals surface area contributed by atoms with E-state index in [1.807, 2.05) is 41.5 Å². The first-order valence-corrected chi connectivity index (χ1v) is 49.4. The monoisotopic (exact) mass is 1600 g/mol. The standard InChI is InChI=1S/C16H24.C16H30.C15H26.C15H24.C14H28.C13H22F2.C13H24.C11H22/c1-13(2,3)15-7-10-8(15)12-9(15)11(7)16(10,12)14(4,5)6;1-13(2,3)15-7-10-16(11-8-15,12-9-15)14(4,5)6;1-13(2,3)11-9-7-15(14(4,5)6)8-10(11)12(9)15;1-12(2,3)14-7-9-15(11-14,10-8-14)13(4,5)6;1-13(2,3)11-7-9-12(10-8-11)14(4,5)6;1-9(2,3)11-7-12(8-11,10(4,5)6)13(11,14)15;1-10(2,3)12-7-13(8-12,9-12)11(4,5)6;1-9(2,3)11(7-8-11)10(4,5)6/h7-12H,1-6H3;7-12H2,1-6H3;9-12H,7-8H2,1-6H3;7-10H,11H2,1-6H3;11-12H,7-10H2,1-6H3;7-8H2,1-6H3;7-9H2,1-6H3;7-8H2,1-6H3. The maximum absolute atomic E-state index is 14.3. The molecule has 2 unspecified atom stereocenters. The quantitative estimate of drug-likeness (QED) is 0.212. The lowest BCUT2D eigenvalue weighted by molar-refractivity contribution is -0.690. The van der Waals surface area contributed by atoms with Crippen LogP contribution in [0.15, 0.2) is 24.3 Å². The van der Waals surface area contributed by atoms with Crippen molar-refractivity contribution in [3.05, 3.63) is 24.3 Å². The van der Waals surface area contributed by atoms with Crippen LogP contribution < -0.4 is 0 Å². The van der Waals surface area contributed by atoms with Crippen LogP contribution in [0.4, 0.5) is 8.78 Å². The molecule has 2 heteroatoms. The fourth-order valence-corrected chi connectivity index (χ4v) is 34.1. The summed E-state index contributed by atoms with van der Waals surface area (Å²) in [4.78, 5) is 0. The molecule has 0 radical (unpaired) electrons. The van der Waals surface area contributed by atoms with Crippen LogP contribution in [0.25, 0.3) is 0 Å². The second kappa shape index (κ2) is 26.3. The van der Waals surface area contributed by atoms with E-state index < -0.39 is 16.8 Å². The summed E-state index contributed by atoms with van der Waals surface area (Å²) in [5.74, 6) is 10.9. The van der Waals surface area contributed by atoms with Gasteiger partial charge in [-0.2, -0.15) is 0 Å². The average Bonchev–Trinajstić information content (AvgIpc) is 1.32. The molecule has 0 nitrogen and oxygen atoms in total. The van der Waals surface area contributed by atoms with Gasteiger partial charge in [-0.25, -0.2) is 8.78 Å². The first-order valence-electron chi connectivity index (χ1n) is 49.4. The number of alkyl halides is 2. The van der Waals surface area contributed by atoms with Crippen molar-refractivity contribution in [2.24, 2.45) is 223 Å². The van der Waals surface area contributed by atoms with E-state index in [4.69, 9.17) is 0 Å².